The Labute approximate surface area is 196 Å². The maximum absolute atomic E-state index is 13.3. The number of hydrogen-bond donors (Lipinski definition) is 0. The van der Waals surface area contributed by atoms with E-state index in [9.17, 15) is 4.79 Å². The van der Waals surface area contributed by atoms with Gasteiger partial charge in [-0.15, -0.1) is 0 Å². The Hall–Kier alpha value is -2.66. The van der Waals surface area contributed by atoms with Gasteiger partial charge in [0.2, 0.25) is 0 Å². The summed E-state index contributed by atoms with van der Waals surface area (Å²) >= 11 is 1.46. The molecule has 4 saturated carbocycles. The number of para-hydroxylation sites is 2. The maximum Gasteiger partial charge on any atom is 0.274 e. The van der Waals surface area contributed by atoms with Gasteiger partial charge in [-0.25, -0.2) is 9.38 Å². The third-order valence-electron chi connectivity index (χ3n) is 8.39. The van der Waals surface area contributed by atoms with Gasteiger partial charge in [0.15, 0.2) is 4.96 Å². The van der Waals surface area contributed by atoms with Gasteiger partial charge in [0.1, 0.15) is 5.75 Å². The number of imidazole rings is 1. The predicted octanol–water partition coefficient (Wildman–Crippen LogP) is 5.32. The fraction of sp³-hybridized carbons (Fsp3) is 0.429. The Morgan fingerprint density at radius 1 is 1.09 bits per heavy atom. The highest BCUT2D eigenvalue weighted by Crippen LogP contribution is 2.60. The van der Waals surface area contributed by atoms with Gasteiger partial charge >= 0.3 is 0 Å². The first kappa shape index (κ1) is 19.8. The number of nitrogens with zero attached hydrogens (tertiary/aromatic N) is 2. The highest BCUT2D eigenvalue weighted by Gasteiger charge is 2.51. The van der Waals surface area contributed by atoms with Crippen molar-refractivity contribution in [1.82, 2.24) is 9.38 Å². The van der Waals surface area contributed by atoms with Crippen LogP contribution in [0.3, 0.4) is 0 Å². The van der Waals surface area contributed by atoms with E-state index in [1.54, 1.807) is 4.40 Å². The van der Waals surface area contributed by atoms with Crippen molar-refractivity contribution in [1.29, 1.82) is 0 Å². The number of thiazole rings is 1. The Balaban J connectivity index is 1.37. The van der Waals surface area contributed by atoms with Crippen LogP contribution in [0, 0.1) is 17.8 Å². The van der Waals surface area contributed by atoms with Gasteiger partial charge in [-0.2, -0.15) is 0 Å². The van der Waals surface area contributed by atoms with Gasteiger partial charge in [-0.3, -0.25) is 4.79 Å². The molecule has 4 aliphatic carbocycles. The number of benzene rings is 2. The van der Waals surface area contributed by atoms with E-state index in [-0.39, 0.29) is 5.56 Å². The molecule has 0 N–H and O–H groups in total. The molecule has 0 atom stereocenters. The topological polar surface area (TPSA) is 43.6 Å². The molecular formula is C28H28N2O2S. The molecule has 33 heavy (non-hydrogen) atoms. The van der Waals surface area contributed by atoms with Crippen molar-refractivity contribution in [3.63, 3.8) is 0 Å². The molecule has 2 aromatic heterocycles. The van der Waals surface area contributed by atoms with Crippen LogP contribution in [0.15, 0.2) is 47.3 Å². The second kappa shape index (κ2) is 7.17. The molecule has 0 radical (unpaired) electrons. The molecule has 5 heteroatoms. The molecule has 168 valence electrons. The monoisotopic (exact) mass is 456 g/mol. The lowest BCUT2D eigenvalue weighted by Crippen LogP contribution is -2.48. The number of ether oxygens (including phenoxy) is 1. The molecule has 4 aliphatic rings. The maximum atomic E-state index is 13.3. The molecule has 0 spiro atoms. The van der Waals surface area contributed by atoms with Crippen molar-refractivity contribution in [2.75, 3.05) is 6.61 Å². The van der Waals surface area contributed by atoms with Gasteiger partial charge < -0.3 is 4.74 Å². The number of aromatic nitrogens is 2. The van der Waals surface area contributed by atoms with Crippen LogP contribution in [0.4, 0.5) is 0 Å². The SMILES string of the molecule is CCOc1ccc(C23CC4CC(CC(C4)C2)C3)cc1C=c1sc2nc3ccccc3n2c1=O. The van der Waals surface area contributed by atoms with E-state index in [1.807, 2.05) is 37.3 Å². The molecule has 2 heterocycles. The van der Waals surface area contributed by atoms with Gasteiger partial charge in [0, 0.05) is 5.56 Å². The molecule has 8 rings (SSSR count). The molecule has 0 unspecified atom stereocenters. The lowest BCUT2D eigenvalue weighted by atomic mass is 9.48. The zero-order valence-corrected chi connectivity index (χ0v) is 19.7. The molecule has 2 aromatic carbocycles. The summed E-state index contributed by atoms with van der Waals surface area (Å²) in [4.78, 5) is 18.8. The van der Waals surface area contributed by atoms with Gasteiger partial charge in [-0.05, 0) is 105 Å². The molecule has 0 aliphatic heterocycles. The second-order valence-corrected chi connectivity index (χ2v) is 11.5. The first-order chi connectivity index (χ1) is 16.1. The first-order valence-electron chi connectivity index (χ1n) is 12.3. The summed E-state index contributed by atoms with van der Waals surface area (Å²) in [5, 5.41) is 0. The van der Waals surface area contributed by atoms with E-state index in [1.165, 1.54) is 55.4 Å². The minimum atomic E-state index is 0.00589. The van der Waals surface area contributed by atoms with E-state index in [0.29, 0.717) is 16.6 Å². The lowest BCUT2D eigenvalue weighted by Gasteiger charge is -2.57. The molecule has 0 amide bonds. The Bertz CT molecular complexity index is 1460. The van der Waals surface area contributed by atoms with E-state index in [0.717, 1.165) is 45.1 Å². The third kappa shape index (κ3) is 3.01. The van der Waals surface area contributed by atoms with Crippen LogP contribution in [0.5, 0.6) is 5.75 Å². The van der Waals surface area contributed by atoms with Crippen LogP contribution >= 0.6 is 11.3 Å². The molecular weight excluding hydrogens is 428 g/mol. The molecule has 4 aromatic rings. The normalized spacial score (nSPS) is 28.9. The van der Waals surface area contributed by atoms with E-state index < -0.39 is 0 Å². The highest BCUT2D eigenvalue weighted by molar-refractivity contribution is 7.15. The standard InChI is InChI=1S/C28H28N2O2S/c1-2-32-24-8-7-21(28-14-17-9-18(15-28)11-19(10-17)16-28)12-20(24)13-25-26(31)30-23-6-4-3-5-22(23)29-27(30)33-25/h3-8,12-13,17-19H,2,9-11,14-16H2,1H3. The Kier molecular flexibility index (Phi) is 4.30. The minimum absolute atomic E-state index is 0.00589. The quantitative estimate of drug-likeness (QED) is 0.417. The zero-order valence-electron chi connectivity index (χ0n) is 18.9. The van der Waals surface area contributed by atoms with E-state index >= 15 is 0 Å². The molecule has 4 fully saturated rings. The molecule has 4 nitrogen and oxygen atoms in total. The predicted molar refractivity (Wildman–Crippen MR) is 133 cm³/mol. The van der Waals surface area contributed by atoms with Crippen molar-refractivity contribution in [2.24, 2.45) is 17.8 Å². The van der Waals surface area contributed by atoms with Gasteiger partial charge in [0.05, 0.1) is 22.2 Å². The van der Waals surface area contributed by atoms with Crippen molar-refractivity contribution >= 4 is 33.4 Å². The van der Waals surface area contributed by atoms with Gasteiger partial charge in [-0.1, -0.05) is 29.5 Å². The average molecular weight is 457 g/mol. The third-order valence-corrected chi connectivity index (χ3v) is 9.36. The zero-order chi connectivity index (χ0) is 22.2. The summed E-state index contributed by atoms with van der Waals surface area (Å²) in [7, 11) is 0. The van der Waals surface area contributed by atoms with Crippen LogP contribution < -0.4 is 14.8 Å². The van der Waals surface area contributed by atoms with Crippen molar-refractivity contribution in [2.45, 2.75) is 50.9 Å². The van der Waals surface area contributed by atoms with Crippen LogP contribution in [0.2, 0.25) is 0 Å². The number of fused-ring (bicyclic) bond motifs is 3. The fourth-order valence-electron chi connectivity index (χ4n) is 7.50. The first-order valence-corrected chi connectivity index (χ1v) is 13.1. The van der Waals surface area contributed by atoms with Crippen molar-refractivity contribution in [3.05, 3.63) is 68.5 Å². The van der Waals surface area contributed by atoms with Crippen LogP contribution in [-0.4, -0.2) is 16.0 Å². The second-order valence-electron chi connectivity index (χ2n) is 10.5. The Morgan fingerprint density at radius 3 is 2.55 bits per heavy atom. The fourth-order valence-corrected chi connectivity index (χ4v) is 8.47. The summed E-state index contributed by atoms with van der Waals surface area (Å²) in [6.45, 7) is 2.63. The minimum Gasteiger partial charge on any atom is -0.493 e. The van der Waals surface area contributed by atoms with Crippen LogP contribution in [0.25, 0.3) is 22.1 Å². The largest absolute Gasteiger partial charge is 0.493 e. The molecule has 0 saturated heterocycles. The number of rotatable bonds is 4. The van der Waals surface area contributed by atoms with E-state index in [4.69, 9.17) is 4.74 Å². The average Bonchev–Trinajstić information content (AvgIpc) is 3.30. The summed E-state index contributed by atoms with van der Waals surface area (Å²) in [6.07, 6.45) is 10.4. The van der Waals surface area contributed by atoms with Crippen molar-refractivity contribution < 1.29 is 4.74 Å². The summed E-state index contributed by atoms with van der Waals surface area (Å²) in [5.74, 6) is 3.58. The van der Waals surface area contributed by atoms with Gasteiger partial charge in [0.25, 0.3) is 5.56 Å². The van der Waals surface area contributed by atoms with Crippen molar-refractivity contribution in [3.8, 4) is 5.75 Å². The highest BCUT2D eigenvalue weighted by atomic mass is 32.1. The number of hydrogen-bond acceptors (Lipinski definition) is 4. The summed E-state index contributed by atoms with van der Waals surface area (Å²) < 4.78 is 8.46. The summed E-state index contributed by atoms with van der Waals surface area (Å²) in [5.41, 5.74) is 4.55. The van der Waals surface area contributed by atoms with E-state index in [2.05, 4.69) is 23.2 Å². The van der Waals surface area contributed by atoms with Crippen LogP contribution in [-0.2, 0) is 5.41 Å². The molecule has 4 bridgehead atoms. The van der Waals surface area contributed by atoms with Crippen LogP contribution in [0.1, 0.15) is 56.6 Å². The summed E-state index contributed by atoms with van der Waals surface area (Å²) in [6, 6.07) is 14.6. The smallest absolute Gasteiger partial charge is 0.274 e. The Morgan fingerprint density at radius 2 is 1.82 bits per heavy atom. The lowest BCUT2D eigenvalue weighted by molar-refractivity contribution is -0.00521.